The average Bonchev–Trinajstić information content (AvgIpc) is 2.90. The quantitative estimate of drug-likeness (QED) is 0.535. The Kier molecular flexibility index (Phi) is 6.84. The summed E-state index contributed by atoms with van der Waals surface area (Å²) in [7, 11) is 1.73. The van der Waals surface area contributed by atoms with E-state index in [1.165, 1.54) is 0 Å². The molecular formula is C19H31N3O5. The van der Waals surface area contributed by atoms with Crippen LogP contribution in [0.2, 0.25) is 0 Å². The molecule has 0 atom stereocenters. The average molecular weight is 381 g/mol. The van der Waals surface area contributed by atoms with Gasteiger partial charge in [-0.05, 0) is 44.4 Å². The molecule has 0 aromatic carbocycles. The Morgan fingerprint density at radius 3 is 2.30 bits per heavy atom. The maximum atomic E-state index is 12.5. The van der Waals surface area contributed by atoms with Gasteiger partial charge in [-0.3, -0.25) is 19.3 Å². The first-order valence-electron chi connectivity index (χ1n) is 9.79. The SMILES string of the molecule is CCC1(CC)NC(=O)N(CC(=O)OCC(=O)N(C)C2CCC(C)CC2)C1=O. The van der Waals surface area contributed by atoms with Crippen molar-refractivity contribution in [2.24, 2.45) is 5.92 Å². The van der Waals surface area contributed by atoms with E-state index in [4.69, 9.17) is 4.74 Å². The van der Waals surface area contributed by atoms with Crippen molar-refractivity contribution in [2.75, 3.05) is 20.2 Å². The first-order valence-corrected chi connectivity index (χ1v) is 9.79. The highest BCUT2D eigenvalue weighted by Crippen LogP contribution is 2.27. The number of nitrogens with one attached hydrogen (secondary N) is 1. The summed E-state index contributed by atoms with van der Waals surface area (Å²) in [6, 6.07) is -0.423. The van der Waals surface area contributed by atoms with Crippen LogP contribution >= 0.6 is 0 Å². The summed E-state index contributed by atoms with van der Waals surface area (Å²) < 4.78 is 5.03. The predicted octanol–water partition coefficient (Wildman–Crippen LogP) is 1.68. The van der Waals surface area contributed by atoms with Gasteiger partial charge in [0.25, 0.3) is 11.8 Å². The molecular weight excluding hydrogens is 350 g/mol. The second kappa shape index (κ2) is 8.71. The van der Waals surface area contributed by atoms with Gasteiger partial charge in [-0.1, -0.05) is 20.8 Å². The van der Waals surface area contributed by atoms with Crippen molar-refractivity contribution in [1.29, 1.82) is 0 Å². The monoisotopic (exact) mass is 381 g/mol. The van der Waals surface area contributed by atoms with Gasteiger partial charge in [0.05, 0.1) is 0 Å². The molecule has 27 heavy (non-hydrogen) atoms. The molecule has 0 unspecified atom stereocenters. The van der Waals surface area contributed by atoms with Gasteiger partial charge in [0, 0.05) is 13.1 Å². The van der Waals surface area contributed by atoms with Gasteiger partial charge < -0.3 is 15.0 Å². The zero-order valence-corrected chi connectivity index (χ0v) is 16.7. The van der Waals surface area contributed by atoms with Crippen molar-refractivity contribution < 1.29 is 23.9 Å². The number of hydrogen-bond acceptors (Lipinski definition) is 5. The molecule has 0 bridgehead atoms. The lowest BCUT2D eigenvalue weighted by Crippen LogP contribution is -2.46. The van der Waals surface area contributed by atoms with Crippen LogP contribution in [-0.2, 0) is 19.1 Å². The summed E-state index contributed by atoms with van der Waals surface area (Å²) >= 11 is 0. The third-order valence-corrected chi connectivity index (χ3v) is 6.02. The lowest BCUT2D eigenvalue weighted by molar-refractivity contribution is -0.154. The maximum Gasteiger partial charge on any atom is 0.326 e. The van der Waals surface area contributed by atoms with E-state index < -0.39 is 30.0 Å². The number of carbonyl (C=O) groups is 4. The summed E-state index contributed by atoms with van der Waals surface area (Å²) in [5.74, 6) is -0.767. The Morgan fingerprint density at radius 2 is 1.78 bits per heavy atom. The van der Waals surface area contributed by atoms with Crippen molar-refractivity contribution in [3.8, 4) is 0 Å². The van der Waals surface area contributed by atoms with Crippen LogP contribution in [-0.4, -0.2) is 65.4 Å². The topological polar surface area (TPSA) is 96.0 Å². The van der Waals surface area contributed by atoms with E-state index in [1.807, 2.05) is 13.8 Å². The molecule has 1 aliphatic heterocycles. The van der Waals surface area contributed by atoms with Crippen LogP contribution < -0.4 is 5.32 Å². The molecule has 1 saturated carbocycles. The lowest BCUT2D eigenvalue weighted by atomic mass is 9.87. The standard InChI is InChI=1S/C19H31N3O5/c1-5-19(6-2)17(25)22(18(26)20-19)11-16(24)27-12-15(23)21(4)14-9-7-13(3)8-10-14/h13-14H,5-12H2,1-4H3,(H,20,26). The number of esters is 1. The highest BCUT2D eigenvalue weighted by Gasteiger charge is 2.49. The molecule has 1 N–H and O–H groups in total. The number of amides is 4. The number of rotatable bonds is 7. The lowest BCUT2D eigenvalue weighted by Gasteiger charge is -2.33. The Balaban J connectivity index is 1.83. The minimum Gasteiger partial charge on any atom is -0.454 e. The summed E-state index contributed by atoms with van der Waals surface area (Å²) in [6.45, 7) is 4.97. The predicted molar refractivity (Wildman–Crippen MR) is 98.7 cm³/mol. The van der Waals surface area contributed by atoms with Crippen LogP contribution in [0.3, 0.4) is 0 Å². The van der Waals surface area contributed by atoms with Crippen LogP contribution in [0.5, 0.6) is 0 Å². The Morgan fingerprint density at radius 1 is 1.19 bits per heavy atom. The second-order valence-corrected chi connectivity index (χ2v) is 7.69. The zero-order chi connectivity index (χ0) is 20.2. The van der Waals surface area contributed by atoms with Gasteiger partial charge in [-0.2, -0.15) is 0 Å². The van der Waals surface area contributed by atoms with Crippen LogP contribution in [0.4, 0.5) is 4.79 Å². The number of nitrogens with zero attached hydrogens (tertiary/aromatic N) is 2. The molecule has 0 aromatic heterocycles. The van der Waals surface area contributed by atoms with E-state index >= 15 is 0 Å². The van der Waals surface area contributed by atoms with E-state index in [0.717, 1.165) is 30.6 Å². The van der Waals surface area contributed by atoms with Crippen molar-refractivity contribution in [3.63, 3.8) is 0 Å². The second-order valence-electron chi connectivity index (χ2n) is 7.69. The van der Waals surface area contributed by atoms with E-state index in [1.54, 1.807) is 11.9 Å². The first kappa shape index (κ1) is 21.2. The third-order valence-electron chi connectivity index (χ3n) is 6.02. The van der Waals surface area contributed by atoms with Gasteiger partial charge in [0.15, 0.2) is 6.61 Å². The van der Waals surface area contributed by atoms with Gasteiger partial charge in [-0.25, -0.2) is 4.79 Å². The first-order chi connectivity index (χ1) is 12.7. The number of hydrogen-bond donors (Lipinski definition) is 1. The minimum absolute atomic E-state index is 0.174. The Hall–Kier alpha value is -2.12. The largest absolute Gasteiger partial charge is 0.454 e. The van der Waals surface area contributed by atoms with Crippen molar-refractivity contribution >= 4 is 23.8 Å². The van der Waals surface area contributed by atoms with Crippen LogP contribution in [0, 0.1) is 5.92 Å². The fraction of sp³-hybridized carbons (Fsp3) is 0.789. The molecule has 0 aromatic rings. The summed E-state index contributed by atoms with van der Waals surface area (Å²) in [5.41, 5.74) is -0.953. The molecule has 2 aliphatic rings. The highest BCUT2D eigenvalue weighted by molar-refractivity contribution is 6.08. The normalized spacial score (nSPS) is 24.5. The van der Waals surface area contributed by atoms with Crippen molar-refractivity contribution in [3.05, 3.63) is 0 Å². The molecule has 0 spiro atoms. The van der Waals surface area contributed by atoms with Gasteiger partial charge in [0.1, 0.15) is 12.1 Å². The van der Waals surface area contributed by atoms with Crippen LogP contribution in [0.25, 0.3) is 0 Å². The summed E-state index contributed by atoms with van der Waals surface area (Å²) in [4.78, 5) is 51.4. The number of likely N-dealkylation sites (N-methyl/N-ethyl adjacent to an activating group) is 1. The fourth-order valence-corrected chi connectivity index (χ4v) is 3.80. The number of urea groups is 1. The van der Waals surface area contributed by atoms with E-state index in [9.17, 15) is 19.2 Å². The highest BCUT2D eigenvalue weighted by atomic mass is 16.5. The van der Waals surface area contributed by atoms with Crippen LogP contribution in [0.1, 0.15) is 59.3 Å². The molecule has 0 radical (unpaired) electrons. The number of ether oxygens (including phenoxy) is 1. The van der Waals surface area contributed by atoms with Crippen LogP contribution in [0.15, 0.2) is 0 Å². The van der Waals surface area contributed by atoms with Crippen molar-refractivity contribution in [1.82, 2.24) is 15.1 Å². The maximum absolute atomic E-state index is 12.5. The Bertz CT molecular complexity index is 594. The Labute approximate surface area is 160 Å². The number of carbonyl (C=O) groups excluding carboxylic acids is 4. The summed E-state index contributed by atoms with van der Waals surface area (Å²) in [6.07, 6.45) is 4.98. The van der Waals surface area contributed by atoms with Gasteiger partial charge in [0.2, 0.25) is 0 Å². The fourth-order valence-electron chi connectivity index (χ4n) is 3.80. The molecule has 2 fully saturated rings. The van der Waals surface area contributed by atoms with E-state index in [-0.39, 0.29) is 18.6 Å². The molecule has 2 rings (SSSR count). The van der Waals surface area contributed by atoms with Gasteiger partial charge >= 0.3 is 12.0 Å². The molecule has 152 valence electrons. The molecule has 1 saturated heterocycles. The van der Waals surface area contributed by atoms with E-state index in [2.05, 4.69) is 12.2 Å². The smallest absolute Gasteiger partial charge is 0.326 e. The zero-order valence-electron chi connectivity index (χ0n) is 16.7. The minimum atomic E-state index is -0.953. The molecule has 1 heterocycles. The van der Waals surface area contributed by atoms with Gasteiger partial charge in [-0.15, -0.1) is 0 Å². The number of imide groups is 1. The molecule has 1 aliphatic carbocycles. The molecule has 8 heteroatoms. The third kappa shape index (κ3) is 4.59. The van der Waals surface area contributed by atoms with Crippen molar-refractivity contribution in [2.45, 2.75) is 70.9 Å². The molecule has 8 nitrogen and oxygen atoms in total. The molecule has 4 amide bonds. The van der Waals surface area contributed by atoms with E-state index in [0.29, 0.717) is 18.8 Å². The summed E-state index contributed by atoms with van der Waals surface area (Å²) in [5, 5.41) is 2.66.